The molecule has 104 valence electrons. The zero-order chi connectivity index (χ0) is 13.9. The number of benzene rings is 1. The van der Waals surface area contributed by atoms with E-state index in [1.807, 2.05) is 6.92 Å². The van der Waals surface area contributed by atoms with E-state index < -0.39 is 5.79 Å². The molecule has 0 spiro atoms. The van der Waals surface area contributed by atoms with Gasteiger partial charge in [0.1, 0.15) is 0 Å². The summed E-state index contributed by atoms with van der Waals surface area (Å²) >= 11 is 0. The van der Waals surface area contributed by atoms with E-state index in [1.165, 1.54) is 6.07 Å². The first-order valence-corrected chi connectivity index (χ1v) is 6.27. The van der Waals surface area contributed by atoms with Gasteiger partial charge in [-0.15, -0.1) is 0 Å². The summed E-state index contributed by atoms with van der Waals surface area (Å²) in [6.07, 6.45) is 0.725. The zero-order valence-corrected chi connectivity index (χ0v) is 11.1. The Morgan fingerprint density at radius 1 is 1.42 bits per heavy atom. The molecule has 1 fully saturated rings. The molecule has 0 bridgehead atoms. The molecule has 19 heavy (non-hydrogen) atoms. The number of nitro benzene ring substituents is 1. The number of nitro groups is 1. The van der Waals surface area contributed by atoms with Gasteiger partial charge in [-0.3, -0.25) is 10.1 Å². The van der Waals surface area contributed by atoms with Gasteiger partial charge in [0.05, 0.1) is 18.1 Å². The van der Waals surface area contributed by atoms with Crippen LogP contribution in [0.4, 0.5) is 11.4 Å². The Balaban J connectivity index is 1.89. The van der Waals surface area contributed by atoms with Crippen LogP contribution >= 0.6 is 0 Å². The second-order valence-electron chi connectivity index (χ2n) is 4.77. The monoisotopic (exact) mass is 266 g/mol. The first-order chi connectivity index (χ1) is 9.00. The van der Waals surface area contributed by atoms with Crippen molar-refractivity contribution >= 4 is 11.4 Å². The molecule has 0 aliphatic carbocycles. The quantitative estimate of drug-likeness (QED) is 0.654. The van der Waals surface area contributed by atoms with Gasteiger partial charge >= 0.3 is 0 Å². The number of rotatable bonds is 5. The molecule has 6 heteroatoms. The van der Waals surface area contributed by atoms with E-state index >= 15 is 0 Å². The van der Waals surface area contributed by atoms with Gasteiger partial charge in [-0.25, -0.2) is 0 Å². The molecule has 0 unspecified atom stereocenters. The SMILES string of the molecule is Cc1cc(NCCC2(C)OCCO2)ccc1[N+](=O)[O-]. The topological polar surface area (TPSA) is 73.6 Å². The van der Waals surface area contributed by atoms with Crippen LogP contribution < -0.4 is 5.32 Å². The van der Waals surface area contributed by atoms with E-state index in [2.05, 4.69) is 5.32 Å². The van der Waals surface area contributed by atoms with Crippen LogP contribution in [-0.4, -0.2) is 30.5 Å². The Morgan fingerprint density at radius 2 is 2.11 bits per heavy atom. The Morgan fingerprint density at radius 3 is 2.68 bits per heavy atom. The van der Waals surface area contributed by atoms with Crippen LogP contribution in [0.25, 0.3) is 0 Å². The average molecular weight is 266 g/mol. The molecule has 2 rings (SSSR count). The molecule has 0 atom stereocenters. The predicted molar refractivity (Wildman–Crippen MR) is 71.2 cm³/mol. The fraction of sp³-hybridized carbons (Fsp3) is 0.538. The number of aryl methyl sites for hydroxylation is 1. The number of anilines is 1. The van der Waals surface area contributed by atoms with Gasteiger partial charge in [-0.1, -0.05) is 0 Å². The lowest BCUT2D eigenvalue weighted by Crippen LogP contribution is -2.28. The van der Waals surface area contributed by atoms with Gasteiger partial charge in [-0.2, -0.15) is 0 Å². The normalized spacial score (nSPS) is 17.4. The molecule has 6 nitrogen and oxygen atoms in total. The summed E-state index contributed by atoms with van der Waals surface area (Å²) in [5.74, 6) is -0.511. The second kappa shape index (κ2) is 5.54. The van der Waals surface area contributed by atoms with Crippen molar-refractivity contribution in [2.75, 3.05) is 25.1 Å². The Labute approximate surface area is 111 Å². The van der Waals surface area contributed by atoms with Gasteiger partial charge < -0.3 is 14.8 Å². The Hall–Kier alpha value is -1.66. The molecular weight excluding hydrogens is 248 g/mol. The van der Waals surface area contributed by atoms with E-state index in [1.54, 1.807) is 19.1 Å². The maximum atomic E-state index is 10.7. The summed E-state index contributed by atoms with van der Waals surface area (Å²) in [6.45, 7) is 5.60. The highest BCUT2D eigenvalue weighted by Crippen LogP contribution is 2.24. The van der Waals surface area contributed by atoms with Crippen LogP contribution in [0.1, 0.15) is 18.9 Å². The van der Waals surface area contributed by atoms with E-state index in [9.17, 15) is 10.1 Å². The molecule has 0 aromatic heterocycles. The fourth-order valence-electron chi connectivity index (χ4n) is 2.11. The fourth-order valence-corrected chi connectivity index (χ4v) is 2.11. The lowest BCUT2D eigenvalue weighted by molar-refractivity contribution is -0.385. The summed E-state index contributed by atoms with van der Waals surface area (Å²) in [5, 5.41) is 13.9. The van der Waals surface area contributed by atoms with E-state index in [0.717, 1.165) is 12.1 Å². The third kappa shape index (κ3) is 3.42. The summed E-state index contributed by atoms with van der Waals surface area (Å²) in [5.41, 5.74) is 1.65. The zero-order valence-electron chi connectivity index (χ0n) is 11.1. The first-order valence-electron chi connectivity index (χ1n) is 6.27. The standard InChI is InChI=1S/C13H18N2O4/c1-10-9-11(3-4-12(10)15(16)17)14-6-5-13(2)18-7-8-19-13/h3-4,9,14H,5-8H2,1-2H3. The van der Waals surface area contributed by atoms with Crippen molar-refractivity contribution in [3.05, 3.63) is 33.9 Å². The van der Waals surface area contributed by atoms with E-state index in [-0.39, 0.29) is 10.6 Å². The van der Waals surface area contributed by atoms with Crippen molar-refractivity contribution in [2.45, 2.75) is 26.1 Å². The molecule has 1 N–H and O–H groups in total. The van der Waals surface area contributed by atoms with Crippen LogP contribution in [0.3, 0.4) is 0 Å². The molecule has 1 aromatic carbocycles. The van der Waals surface area contributed by atoms with Gasteiger partial charge in [0.2, 0.25) is 0 Å². The molecule has 0 amide bonds. The first kappa shape index (κ1) is 13.8. The average Bonchev–Trinajstić information content (AvgIpc) is 2.76. The largest absolute Gasteiger partial charge is 0.385 e. The number of ether oxygens (including phenoxy) is 2. The summed E-state index contributed by atoms with van der Waals surface area (Å²) in [6, 6.07) is 5.00. The lowest BCUT2D eigenvalue weighted by Gasteiger charge is -2.22. The van der Waals surface area contributed by atoms with Crippen molar-refractivity contribution in [1.29, 1.82) is 0 Å². The summed E-state index contributed by atoms with van der Waals surface area (Å²) < 4.78 is 11.0. The summed E-state index contributed by atoms with van der Waals surface area (Å²) in [4.78, 5) is 10.3. The van der Waals surface area contributed by atoms with Gasteiger partial charge in [0.15, 0.2) is 5.79 Å². The van der Waals surface area contributed by atoms with Crippen molar-refractivity contribution in [1.82, 2.24) is 0 Å². The second-order valence-corrected chi connectivity index (χ2v) is 4.77. The number of nitrogens with zero attached hydrogens (tertiary/aromatic N) is 1. The summed E-state index contributed by atoms with van der Waals surface area (Å²) in [7, 11) is 0. The van der Waals surface area contributed by atoms with Crippen molar-refractivity contribution in [3.63, 3.8) is 0 Å². The highest BCUT2D eigenvalue weighted by atomic mass is 16.7. The molecule has 0 saturated carbocycles. The minimum absolute atomic E-state index is 0.139. The molecule has 1 aliphatic rings. The van der Waals surface area contributed by atoms with Crippen LogP contribution in [0.2, 0.25) is 0 Å². The van der Waals surface area contributed by atoms with Crippen LogP contribution in [0, 0.1) is 17.0 Å². The maximum absolute atomic E-state index is 10.7. The number of hydrogen-bond acceptors (Lipinski definition) is 5. The smallest absolute Gasteiger partial charge is 0.272 e. The number of nitrogens with one attached hydrogen (secondary N) is 1. The Bertz CT molecular complexity index is 470. The van der Waals surface area contributed by atoms with Crippen LogP contribution in [0.15, 0.2) is 18.2 Å². The highest BCUT2D eigenvalue weighted by molar-refractivity contribution is 5.53. The molecule has 1 aromatic rings. The lowest BCUT2D eigenvalue weighted by atomic mass is 10.1. The molecular formula is C13H18N2O4. The third-order valence-electron chi connectivity index (χ3n) is 3.20. The molecule has 0 radical (unpaired) electrons. The van der Waals surface area contributed by atoms with E-state index in [0.29, 0.717) is 25.3 Å². The molecule has 1 aliphatic heterocycles. The van der Waals surface area contributed by atoms with Crippen molar-refractivity contribution in [3.8, 4) is 0 Å². The predicted octanol–water partition coefficient (Wildman–Crippen LogP) is 2.47. The minimum Gasteiger partial charge on any atom is -0.385 e. The number of hydrogen-bond donors (Lipinski definition) is 1. The molecule has 1 saturated heterocycles. The van der Waals surface area contributed by atoms with Gasteiger partial charge in [-0.05, 0) is 26.0 Å². The maximum Gasteiger partial charge on any atom is 0.272 e. The van der Waals surface area contributed by atoms with Crippen molar-refractivity contribution < 1.29 is 14.4 Å². The Kier molecular flexibility index (Phi) is 4.01. The minimum atomic E-state index is -0.511. The highest BCUT2D eigenvalue weighted by Gasteiger charge is 2.30. The molecule has 1 heterocycles. The van der Waals surface area contributed by atoms with Crippen LogP contribution in [0.5, 0.6) is 0 Å². The van der Waals surface area contributed by atoms with Gasteiger partial charge in [0, 0.05) is 30.3 Å². The van der Waals surface area contributed by atoms with E-state index in [4.69, 9.17) is 9.47 Å². The third-order valence-corrected chi connectivity index (χ3v) is 3.20. The van der Waals surface area contributed by atoms with Crippen molar-refractivity contribution in [2.24, 2.45) is 0 Å². The van der Waals surface area contributed by atoms with Gasteiger partial charge in [0.25, 0.3) is 5.69 Å². The van der Waals surface area contributed by atoms with Crippen LogP contribution in [-0.2, 0) is 9.47 Å².